The van der Waals surface area contributed by atoms with Crippen molar-refractivity contribution >= 4 is 0 Å². The molecular formula is C37H45F3N2O2. The van der Waals surface area contributed by atoms with E-state index in [9.17, 15) is 0 Å². The van der Waals surface area contributed by atoms with Crippen molar-refractivity contribution in [2.24, 2.45) is 5.41 Å². The molecule has 2 fully saturated rings. The smallest absolute Gasteiger partial charge is 0.134 e. The lowest BCUT2D eigenvalue weighted by molar-refractivity contribution is 0.0598. The molecule has 3 aromatic rings. The van der Waals surface area contributed by atoms with Crippen LogP contribution in [-0.4, -0.2) is 42.3 Å². The summed E-state index contributed by atoms with van der Waals surface area (Å²) < 4.78 is 59.5. The van der Waals surface area contributed by atoms with E-state index < -0.39 is 23.3 Å². The van der Waals surface area contributed by atoms with Gasteiger partial charge in [0, 0.05) is 36.8 Å². The zero-order chi connectivity index (χ0) is 30.9. The minimum atomic E-state index is -1.55. The number of nitrogens with zero attached hydrogens (tertiary/aromatic N) is 1. The van der Waals surface area contributed by atoms with E-state index in [0.29, 0.717) is 24.2 Å². The molecule has 1 saturated heterocycles. The van der Waals surface area contributed by atoms with E-state index in [-0.39, 0.29) is 30.0 Å². The van der Waals surface area contributed by atoms with Gasteiger partial charge in [-0.15, -0.1) is 0 Å². The number of nitrogens with one attached hydrogen (secondary N) is 1. The highest BCUT2D eigenvalue weighted by Crippen LogP contribution is 2.45. The van der Waals surface area contributed by atoms with Gasteiger partial charge in [-0.05, 0) is 106 Å². The molecule has 7 heteroatoms. The summed E-state index contributed by atoms with van der Waals surface area (Å²) in [5, 5.41) is 3.53. The molecule has 1 spiro atoms. The summed E-state index contributed by atoms with van der Waals surface area (Å²) in [7, 11) is 0. The maximum Gasteiger partial charge on any atom is 0.134 e. The monoisotopic (exact) mass is 606 g/mol. The third kappa shape index (κ3) is 6.94. The third-order valence-corrected chi connectivity index (χ3v) is 9.81. The molecule has 0 aromatic heterocycles. The van der Waals surface area contributed by atoms with Gasteiger partial charge in [-0.25, -0.2) is 13.2 Å². The Morgan fingerprint density at radius 3 is 2.34 bits per heavy atom. The first-order chi connectivity index (χ1) is 21.1. The molecule has 236 valence electrons. The first-order valence-electron chi connectivity index (χ1n) is 16.2. The van der Waals surface area contributed by atoms with Crippen LogP contribution < -0.4 is 14.8 Å². The first-order valence-corrected chi connectivity index (χ1v) is 16.2. The average Bonchev–Trinajstić information content (AvgIpc) is 2.99. The Hall–Kier alpha value is -3.03. The van der Waals surface area contributed by atoms with Gasteiger partial charge in [0.2, 0.25) is 0 Å². The molecule has 2 heterocycles. The minimum Gasteiger partial charge on any atom is -0.490 e. The molecule has 2 atom stereocenters. The van der Waals surface area contributed by atoms with Crippen LogP contribution >= 0.6 is 0 Å². The van der Waals surface area contributed by atoms with Crippen LogP contribution in [0.15, 0.2) is 60.7 Å². The average molecular weight is 607 g/mol. The highest BCUT2D eigenvalue weighted by molar-refractivity contribution is 5.46. The molecule has 0 amide bonds. The highest BCUT2D eigenvalue weighted by Gasteiger charge is 2.40. The molecular weight excluding hydrogens is 561 g/mol. The second kappa shape index (κ2) is 12.8. The van der Waals surface area contributed by atoms with Crippen LogP contribution in [0, 0.1) is 17.0 Å². The minimum absolute atomic E-state index is 0.0420. The number of fused-ring (bicyclic) bond motifs is 1. The van der Waals surface area contributed by atoms with Crippen LogP contribution in [0.25, 0.3) is 0 Å². The molecule has 0 bridgehead atoms. The van der Waals surface area contributed by atoms with Crippen molar-refractivity contribution in [3.05, 3.63) is 94.6 Å². The van der Waals surface area contributed by atoms with Gasteiger partial charge in [0.15, 0.2) is 0 Å². The molecule has 2 aliphatic heterocycles. The number of hydrogen-bond donors (Lipinski definition) is 1. The summed E-state index contributed by atoms with van der Waals surface area (Å²) in [6, 6.07) is 17.3. The van der Waals surface area contributed by atoms with Crippen LogP contribution in [-0.2, 0) is 13.0 Å². The first kappa shape index (κ1) is 31.0. The van der Waals surface area contributed by atoms with Crippen LogP contribution in [0.3, 0.4) is 0 Å². The van der Waals surface area contributed by atoms with Gasteiger partial charge in [-0.3, -0.25) is 4.90 Å². The fraction of sp³-hybridized carbons (Fsp3) is 0.514. The number of halogens is 3. The Labute approximate surface area is 259 Å². The van der Waals surface area contributed by atoms with Crippen molar-refractivity contribution in [3.8, 4) is 11.5 Å². The van der Waals surface area contributed by atoms with Gasteiger partial charge >= 0.3 is 0 Å². The molecule has 1 saturated carbocycles. The van der Waals surface area contributed by atoms with E-state index in [1.54, 1.807) is 0 Å². The molecule has 3 aliphatic rings. The third-order valence-electron chi connectivity index (χ3n) is 9.81. The summed E-state index contributed by atoms with van der Waals surface area (Å²) in [6.07, 6.45) is 6.89. The van der Waals surface area contributed by atoms with Crippen molar-refractivity contribution < 1.29 is 22.6 Å². The Bertz CT molecular complexity index is 1400. The van der Waals surface area contributed by atoms with Crippen molar-refractivity contribution in [2.45, 2.75) is 96.2 Å². The van der Waals surface area contributed by atoms with Gasteiger partial charge < -0.3 is 14.8 Å². The van der Waals surface area contributed by atoms with Gasteiger partial charge in [-0.1, -0.05) is 36.4 Å². The predicted molar refractivity (Wildman–Crippen MR) is 168 cm³/mol. The molecule has 1 unspecified atom stereocenters. The van der Waals surface area contributed by atoms with Crippen molar-refractivity contribution in [3.63, 3.8) is 0 Å². The molecule has 44 heavy (non-hydrogen) atoms. The maximum absolute atomic E-state index is 16.1. The highest BCUT2D eigenvalue weighted by atomic mass is 19.1. The lowest BCUT2D eigenvalue weighted by Gasteiger charge is -2.44. The van der Waals surface area contributed by atoms with Crippen molar-refractivity contribution in [1.29, 1.82) is 0 Å². The Kier molecular flexibility index (Phi) is 8.98. The quantitative estimate of drug-likeness (QED) is 0.280. The Morgan fingerprint density at radius 2 is 1.68 bits per heavy atom. The van der Waals surface area contributed by atoms with E-state index in [2.05, 4.69) is 5.32 Å². The van der Waals surface area contributed by atoms with Crippen LogP contribution in [0.2, 0.25) is 0 Å². The van der Waals surface area contributed by atoms with E-state index in [4.69, 9.17) is 9.47 Å². The summed E-state index contributed by atoms with van der Waals surface area (Å²) in [5.74, 6) is -0.418. The topological polar surface area (TPSA) is 33.7 Å². The fourth-order valence-corrected chi connectivity index (χ4v) is 7.59. The second-order valence-electron chi connectivity index (χ2n) is 13.9. The number of hydrogen-bond acceptors (Lipinski definition) is 4. The molecule has 1 N–H and O–H groups in total. The van der Waals surface area contributed by atoms with E-state index >= 15 is 13.2 Å². The van der Waals surface area contributed by atoms with E-state index in [1.807, 2.05) is 60.4 Å². The number of rotatable bonds is 8. The number of ether oxygens (including phenoxy) is 2. The zero-order valence-corrected chi connectivity index (χ0v) is 26.2. The summed E-state index contributed by atoms with van der Waals surface area (Å²) >= 11 is 0. The molecule has 4 nitrogen and oxygen atoms in total. The van der Waals surface area contributed by atoms with Gasteiger partial charge in [-0.2, -0.15) is 0 Å². The number of benzene rings is 3. The normalized spacial score (nSPS) is 25.9. The van der Waals surface area contributed by atoms with E-state index in [1.165, 1.54) is 38.8 Å². The van der Waals surface area contributed by atoms with Crippen molar-refractivity contribution in [1.82, 2.24) is 10.2 Å². The van der Waals surface area contributed by atoms with E-state index in [0.717, 1.165) is 55.5 Å². The molecule has 0 radical (unpaired) electrons. The number of alkyl halides is 1. The Morgan fingerprint density at radius 1 is 0.955 bits per heavy atom. The van der Waals surface area contributed by atoms with Crippen LogP contribution in [0.1, 0.15) is 87.6 Å². The van der Waals surface area contributed by atoms with Gasteiger partial charge in [0.1, 0.15) is 35.4 Å². The van der Waals surface area contributed by atoms with Gasteiger partial charge in [0.25, 0.3) is 0 Å². The SMILES string of the molecule is C[C@@H]1Cc2cc(OCc3ccccc3)ccc2C(c2c(F)cc(OC3CCC4(CCCNC4)CC3)cc2F)N1CC(C)(C)F. The largest absolute Gasteiger partial charge is 0.490 e. The summed E-state index contributed by atoms with van der Waals surface area (Å²) in [5.41, 5.74) is 1.49. The lowest BCUT2D eigenvalue weighted by atomic mass is 9.69. The van der Waals surface area contributed by atoms with Gasteiger partial charge in [0.05, 0.1) is 12.1 Å². The van der Waals surface area contributed by atoms with Crippen LogP contribution in [0.4, 0.5) is 13.2 Å². The Balaban J connectivity index is 1.26. The predicted octanol–water partition coefficient (Wildman–Crippen LogP) is 8.32. The lowest BCUT2D eigenvalue weighted by Crippen LogP contribution is -2.48. The second-order valence-corrected chi connectivity index (χ2v) is 13.9. The van der Waals surface area contributed by atoms with Crippen molar-refractivity contribution in [2.75, 3.05) is 19.6 Å². The standard InChI is InChI=1S/C37H45F3N2O2/c1-25-18-27-19-29(43-22-26-8-5-4-6-9-26)10-11-31(27)35(42(25)24-36(2,3)40)34-32(38)20-30(21-33(34)39)44-28-12-15-37(16-13-28)14-7-17-41-23-37/h4-6,8-11,19-21,25,28,35,41H,7,12-18,22-24H2,1-3H3/t25-,28?,35?,37?/m1/s1. The summed E-state index contributed by atoms with van der Waals surface area (Å²) in [6.45, 7) is 7.60. The molecule has 6 rings (SSSR count). The maximum atomic E-state index is 16.1. The van der Waals surface area contributed by atoms with Crippen LogP contribution in [0.5, 0.6) is 11.5 Å². The fourth-order valence-electron chi connectivity index (χ4n) is 7.59. The summed E-state index contributed by atoms with van der Waals surface area (Å²) in [4.78, 5) is 1.90. The number of piperidine rings is 1. The zero-order valence-electron chi connectivity index (χ0n) is 26.2. The molecule has 1 aliphatic carbocycles. The molecule has 3 aromatic carbocycles.